The molecule has 3 rings (SSSR count). The first-order chi connectivity index (χ1) is 10.9. The summed E-state index contributed by atoms with van der Waals surface area (Å²) in [6, 6.07) is 6.49. The molecule has 0 aromatic carbocycles. The maximum Gasteiger partial charge on any atom is 0.289 e. The Kier molecular flexibility index (Phi) is 3.69. The highest BCUT2D eigenvalue weighted by Gasteiger charge is 2.26. The molecular formula is C18H20N4O. The Morgan fingerprint density at radius 2 is 1.91 bits per heavy atom. The van der Waals surface area contributed by atoms with E-state index in [9.17, 15) is 4.79 Å². The van der Waals surface area contributed by atoms with Crippen molar-refractivity contribution < 1.29 is 0 Å². The van der Waals surface area contributed by atoms with E-state index in [1.54, 1.807) is 13.1 Å². The molecule has 0 N–H and O–H groups in total. The molecule has 0 atom stereocenters. The van der Waals surface area contributed by atoms with Crippen LogP contribution in [0, 0.1) is 39.0 Å². The second-order valence-corrected chi connectivity index (χ2v) is 6.24. The van der Waals surface area contributed by atoms with Crippen molar-refractivity contribution in [3.05, 3.63) is 56.3 Å². The molecule has 0 bridgehead atoms. The molecule has 23 heavy (non-hydrogen) atoms. The van der Waals surface area contributed by atoms with Gasteiger partial charge in [0.2, 0.25) is 0 Å². The fourth-order valence-electron chi connectivity index (χ4n) is 3.11. The minimum atomic E-state index is -0.364. The molecule has 0 spiro atoms. The fraction of sp³-hybridized carbons (Fsp3) is 0.389. The Morgan fingerprint density at radius 1 is 1.22 bits per heavy atom. The van der Waals surface area contributed by atoms with Gasteiger partial charge < -0.3 is 4.57 Å². The van der Waals surface area contributed by atoms with Crippen LogP contribution in [0.5, 0.6) is 0 Å². The van der Waals surface area contributed by atoms with Gasteiger partial charge in [0.1, 0.15) is 11.6 Å². The monoisotopic (exact) mass is 308 g/mol. The van der Waals surface area contributed by atoms with Gasteiger partial charge >= 0.3 is 0 Å². The number of aromatic nitrogens is 2. The van der Waals surface area contributed by atoms with Crippen molar-refractivity contribution in [3.63, 3.8) is 0 Å². The van der Waals surface area contributed by atoms with E-state index in [1.165, 1.54) is 28.9 Å². The summed E-state index contributed by atoms with van der Waals surface area (Å²) in [4.78, 5) is 12.4. The summed E-state index contributed by atoms with van der Waals surface area (Å²) in [6.45, 7) is 7.77. The van der Waals surface area contributed by atoms with Crippen LogP contribution < -0.4 is 5.56 Å². The molecule has 1 fully saturated rings. The zero-order chi connectivity index (χ0) is 16.7. The van der Waals surface area contributed by atoms with Gasteiger partial charge in [-0.25, -0.2) is 4.68 Å². The average molecular weight is 308 g/mol. The Bertz CT molecular complexity index is 905. The van der Waals surface area contributed by atoms with Crippen LogP contribution >= 0.6 is 0 Å². The van der Waals surface area contributed by atoms with Gasteiger partial charge in [-0.1, -0.05) is 0 Å². The summed E-state index contributed by atoms with van der Waals surface area (Å²) < 4.78 is 3.64. The van der Waals surface area contributed by atoms with Crippen LogP contribution in [0.1, 0.15) is 52.7 Å². The molecule has 0 aliphatic heterocycles. The van der Waals surface area contributed by atoms with Crippen molar-refractivity contribution in [3.8, 4) is 6.07 Å². The molecule has 0 unspecified atom stereocenters. The molecular weight excluding hydrogens is 288 g/mol. The van der Waals surface area contributed by atoms with Crippen LogP contribution in [-0.4, -0.2) is 15.5 Å². The third-order valence-electron chi connectivity index (χ3n) is 4.42. The van der Waals surface area contributed by atoms with E-state index >= 15 is 0 Å². The third kappa shape index (κ3) is 2.61. The molecule has 1 aliphatic carbocycles. The van der Waals surface area contributed by atoms with Crippen LogP contribution in [0.2, 0.25) is 0 Å². The largest absolute Gasteiger partial charge is 0.345 e. The smallest absolute Gasteiger partial charge is 0.289 e. The second kappa shape index (κ2) is 5.54. The Morgan fingerprint density at radius 3 is 2.52 bits per heavy atom. The average Bonchev–Trinajstić information content (AvgIpc) is 3.26. The summed E-state index contributed by atoms with van der Waals surface area (Å²) in [6.07, 6.45) is 4.18. The number of pyridine rings is 1. The number of aryl methyl sites for hydroxylation is 3. The van der Waals surface area contributed by atoms with E-state index in [0.717, 1.165) is 11.3 Å². The van der Waals surface area contributed by atoms with Crippen molar-refractivity contribution in [2.75, 3.05) is 0 Å². The van der Waals surface area contributed by atoms with Gasteiger partial charge in [0.05, 0.1) is 6.21 Å². The maximum atomic E-state index is 12.4. The van der Waals surface area contributed by atoms with Crippen LogP contribution in [-0.2, 0) is 0 Å². The number of rotatable bonds is 3. The molecule has 0 saturated heterocycles. The Labute approximate surface area is 135 Å². The lowest BCUT2D eigenvalue weighted by Crippen LogP contribution is -2.22. The Hall–Kier alpha value is -2.61. The SMILES string of the molecule is Cc1cc(C)n(N=Cc2cc(C)n(C3CC3)c2C)c(=O)c1C#N. The molecule has 0 radical (unpaired) electrons. The molecule has 1 aliphatic rings. The topological polar surface area (TPSA) is 63.1 Å². The van der Waals surface area contributed by atoms with Crippen molar-refractivity contribution in [1.82, 2.24) is 9.24 Å². The van der Waals surface area contributed by atoms with Gasteiger partial charge in [-0.15, -0.1) is 0 Å². The van der Waals surface area contributed by atoms with Crippen LogP contribution in [0.3, 0.4) is 0 Å². The van der Waals surface area contributed by atoms with Crippen LogP contribution in [0.4, 0.5) is 0 Å². The molecule has 5 nitrogen and oxygen atoms in total. The standard InChI is InChI=1S/C18H20N4O/c1-11-7-13(3)22(18(23)17(11)9-19)20-10-15-8-12(2)21(14(15)4)16-5-6-16/h7-8,10,16H,5-6H2,1-4H3. The quantitative estimate of drug-likeness (QED) is 0.818. The molecule has 2 aromatic heterocycles. The lowest BCUT2D eigenvalue weighted by molar-refractivity contribution is 0.699. The van der Waals surface area contributed by atoms with Gasteiger partial charge in [-0.3, -0.25) is 4.79 Å². The summed E-state index contributed by atoms with van der Waals surface area (Å²) >= 11 is 0. The number of hydrogen-bond acceptors (Lipinski definition) is 3. The second-order valence-electron chi connectivity index (χ2n) is 6.24. The molecule has 118 valence electrons. The van der Waals surface area contributed by atoms with Crippen molar-refractivity contribution >= 4 is 6.21 Å². The van der Waals surface area contributed by atoms with E-state index in [-0.39, 0.29) is 11.1 Å². The minimum Gasteiger partial charge on any atom is -0.345 e. The van der Waals surface area contributed by atoms with Crippen molar-refractivity contribution in [1.29, 1.82) is 5.26 Å². The molecule has 2 aromatic rings. The van der Waals surface area contributed by atoms with E-state index in [1.807, 2.05) is 19.1 Å². The summed E-state index contributed by atoms with van der Waals surface area (Å²) in [5.41, 5.74) is 4.60. The predicted molar refractivity (Wildman–Crippen MR) is 90.1 cm³/mol. The van der Waals surface area contributed by atoms with Crippen molar-refractivity contribution in [2.24, 2.45) is 5.10 Å². The van der Waals surface area contributed by atoms with E-state index in [0.29, 0.717) is 11.6 Å². The highest BCUT2D eigenvalue weighted by atomic mass is 16.1. The van der Waals surface area contributed by atoms with Gasteiger partial charge in [-0.05, 0) is 58.2 Å². The zero-order valence-corrected chi connectivity index (χ0v) is 13.9. The normalized spacial score (nSPS) is 14.4. The minimum absolute atomic E-state index is 0.149. The number of nitrogens with zero attached hydrogens (tertiary/aromatic N) is 4. The number of nitriles is 1. The number of hydrogen-bond donors (Lipinski definition) is 0. The first kappa shape index (κ1) is 15.3. The summed E-state index contributed by atoms with van der Waals surface area (Å²) in [5, 5.41) is 13.5. The van der Waals surface area contributed by atoms with Gasteiger partial charge in [-0.2, -0.15) is 10.4 Å². The lowest BCUT2D eigenvalue weighted by Gasteiger charge is -2.07. The van der Waals surface area contributed by atoms with Crippen molar-refractivity contribution in [2.45, 2.75) is 46.6 Å². The highest BCUT2D eigenvalue weighted by molar-refractivity contribution is 5.81. The van der Waals surface area contributed by atoms with Gasteiger partial charge in [0, 0.05) is 28.7 Å². The molecule has 5 heteroatoms. The Balaban J connectivity index is 2.03. The van der Waals surface area contributed by atoms with E-state index in [2.05, 4.69) is 29.6 Å². The first-order valence-corrected chi connectivity index (χ1v) is 7.80. The summed E-state index contributed by atoms with van der Waals surface area (Å²) in [7, 11) is 0. The molecule has 1 saturated carbocycles. The fourth-order valence-corrected chi connectivity index (χ4v) is 3.11. The lowest BCUT2D eigenvalue weighted by atomic mass is 10.1. The van der Waals surface area contributed by atoms with E-state index in [4.69, 9.17) is 5.26 Å². The maximum absolute atomic E-state index is 12.4. The molecule has 2 heterocycles. The van der Waals surface area contributed by atoms with Crippen LogP contribution in [0.25, 0.3) is 0 Å². The van der Waals surface area contributed by atoms with Gasteiger partial charge in [0.15, 0.2) is 0 Å². The third-order valence-corrected chi connectivity index (χ3v) is 4.42. The molecule has 0 amide bonds. The predicted octanol–water partition coefficient (Wildman–Crippen LogP) is 2.97. The summed E-state index contributed by atoms with van der Waals surface area (Å²) in [5.74, 6) is 0. The highest BCUT2D eigenvalue weighted by Crippen LogP contribution is 2.38. The first-order valence-electron chi connectivity index (χ1n) is 7.80. The van der Waals surface area contributed by atoms with Gasteiger partial charge in [0.25, 0.3) is 5.56 Å². The van der Waals surface area contributed by atoms with Crippen LogP contribution in [0.15, 0.2) is 22.0 Å². The zero-order valence-electron chi connectivity index (χ0n) is 13.9. The van der Waals surface area contributed by atoms with E-state index < -0.39 is 0 Å².